The molecule has 7 nitrogen and oxygen atoms in total. The molecule has 0 aliphatic carbocycles. The number of nitrogens with one attached hydrogen (secondary N) is 1. The van der Waals surface area contributed by atoms with Gasteiger partial charge in [0.15, 0.2) is 11.5 Å². The first-order chi connectivity index (χ1) is 16.3. The zero-order chi connectivity index (χ0) is 24.3. The molecule has 4 aromatic rings. The van der Waals surface area contributed by atoms with Crippen LogP contribution in [0.2, 0.25) is 5.15 Å². The van der Waals surface area contributed by atoms with Gasteiger partial charge in [0, 0.05) is 35.8 Å². The molecule has 0 amide bonds. The summed E-state index contributed by atoms with van der Waals surface area (Å²) in [4.78, 5) is 15.6. The minimum atomic E-state index is -4.45. The molecule has 0 aliphatic rings. The van der Waals surface area contributed by atoms with Gasteiger partial charge in [0.1, 0.15) is 23.3 Å². The highest BCUT2D eigenvalue weighted by Crippen LogP contribution is 2.40. The van der Waals surface area contributed by atoms with Gasteiger partial charge in [0.25, 0.3) is 0 Å². The molecule has 4 rings (SSSR count). The van der Waals surface area contributed by atoms with Gasteiger partial charge in [-0.15, -0.1) is 0 Å². The topological polar surface area (TPSA) is 82.2 Å². The summed E-state index contributed by atoms with van der Waals surface area (Å²) in [6, 6.07) is 9.00. The molecule has 0 radical (unpaired) electrons. The number of benzene rings is 1. The highest BCUT2D eigenvalue weighted by molar-refractivity contribution is 6.29. The predicted octanol–water partition coefficient (Wildman–Crippen LogP) is 5.80. The normalized spacial score (nSPS) is 11.4. The maximum Gasteiger partial charge on any atom is 0.417 e. The van der Waals surface area contributed by atoms with Crippen LogP contribution in [0.4, 0.5) is 13.2 Å². The summed E-state index contributed by atoms with van der Waals surface area (Å²) in [5, 5.41) is 0.379. The van der Waals surface area contributed by atoms with E-state index < -0.39 is 11.7 Å². The third kappa shape index (κ3) is 5.07. The zero-order valence-corrected chi connectivity index (χ0v) is 18.7. The van der Waals surface area contributed by atoms with Gasteiger partial charge in [-0.3, -0.25) is 4.98 Å². The van der Waals surface area contributed by atoms with Crippen molar-refractivity contribution in [3.63, 3.8) is 0 Å². The second kappa shape index (κ2) is 9.60. The van der Waals surface area contributed by atoms with Gasteiger partial charge in [0.05, 0.1) is 31.2 Å². The lowest BCUT2D eigenvalue weighted by atomic mass is 10.1. The average Bonchev–Trinajstić information content (AvgIpc) is 3.32. The van der Waals surface area contributed by atoms with Crippen LogP contribution in [0.25, 0.3) is 22.6 Å². The summed E-state index contributed by atoms with van der Waals surface area (Å²) in [6.45, 7) is -0.0624. The first-order valence-corrected chi connectivity index (χ1v) is 10.2. The number of pyridine rings is 2. The molecule has 11 heteroatoms. The monoisotopic (exact) mass is 490 g/mol. The van der Waals surface area contributed by atoms with Crippen molar-refractivity contribution < 1.29 is 27.4 Å². The highest BCUT2D eigenvalue weighted by Gasteiger charge is 2.30. The largest absolute Gasteiger partial charge is 0.496 e. The number of rotatable bonds is 7. The van der Waals surface area contributed by atoms with Crippen molar-refractivity contribution in [3.8, 4) is 39.9 Å². The Morgan fingerprint density at radius 3 is 2.35 bits per heavy atom. The van der Waals surface area contributed by atoms with Crippen molar-refractivity contribution in [2.24, 2.45) is 0 Å². The number of hydrogen-bond acceptors (Lipinski definition) is 6. The summed E-state index contributed by atoms with van der Waals surface area (Å²) in [6.07, 6.45) is -0.358. The van der Waals surface area contributed by atoms with Gasteiger partial charge in [0.2, 0.25) is 0 Å². The number of aromatic nitrogens is 4. The molecule has 0 atom stereocenters. The minimum Gasteiger partial charge on any atom is -0.496 e. The van der Waals surface area contributed by atoms with Gasteiger partial charge in [-0.25, -0.2) is 9.97 Å². The first-order valence-electron chi connectivity index (χ1n) is 9.87. The molecule has 3 aromatic heterocycles. The second-order valence-corrected chi connectivity index (χ2v) is 7.42. The Hall–Kier alpha value is -3.79. The Kier molecular flexibility index (Phi) is 6.60. The Labute approximate surface area is 197 Å². The van der Waals surface area contributed by atoms with E-state index in [-0.39, 0.29) is 6.61 Å². The van der Waals surface area contributed by atoms with Crippen molar-refractivity contribution >= 4 is 11.6 Å². The number of alkyl halides is 3. The van der Waals surface area contributed by atoms with Crippen molar-refractivity contribution in [1.82, 2.24) is 19.9 Å². The van der Waals surface area contributed by atoms with E-state index in [0.717, 1.165) is 17.8 Å². The summed E-state index contributed by atoms with van der Waals surface area (Å²) in [7, 11) is 2.98. The predicted molar refractivity (Wildman–Crippen MR) is 119 cm³/mol. The third-order valence-corrected chi connectivity index (χ3v) is 5.09. The molecule has 0 fully saturated rings. The lowest BCUT2D eigenvalue weighted by molar-refractivity contribution is -0.137. The van der Waals surface area contributed by atoms with Crippen LogP contribution in [0.3, 0.4) is 0 Å². The Balaban J connectivity index is 1.58. The molecule has 1 aromatic carbocycles. The van der Waals surface area contributed by atoms with Crippen molar-refractivity contribution in [1.29, 1.82) is 0 Å². The van der Waals surface area contributed by atoms with Crippen LogP contribution in [0.1, 0.15) is 11.3 Å². The number of nitrogens with zero attached hydrogens (tertiary/aromatic N) is 3. The molecule has 3 heterocycles. The van der Waals surface area contributed by atoms with Crippen LogP contribution in [0, 0.1) is 0 Å². The summed E-state index contributed by atoms with van der Waals surface area (Å²) in [5.41, 5.74) is 1.49. The molecule has 0 aliphatic heterocycles. The molecule has 176 valence electrons. The van der Waals surface area contributed by atoms with Crippen LogP contribution >= 0.6 is 11.6 Å². The number of methoxy groups -OCH3 is 2. The number of aromatic amines is 1. The maximum atomic E-state index is 12.7. The van der Waals surface area contributed by atoms with E-state index in [4.69, 9.17) is 25.8 Å². The molecule has 34 heavy (non-hydrogen) atoms. The molecule has 0 saturated carbocycles. The molecular formula is C23H18ClF3N4O3. The van der Waals surface area contributed by atoms with E-state index in [9.17, 15) is 13.2 Å². The highest BCUT2D eigenvalue weighted by atomic mass is 35.5. The lowest BCUT2D eigenvalue weighted by Crippen LogP contribution is -2.07. The van der Waals surface area contributed by atoms with E-state index in [0.29, 0.717) is 45.2 Å². The van der Waals surface area contributed by atoms with Crippen LogP contribution < -0.4 is 14.2 Å². The third-order valence-electron chi connectivity index (χ3n) is 4.87. The van der Waals surface area contributed by atoms with Crippen molar-refractivity contribution in [3.05, 3.63) is 71.4 Å². The van der Waals surface area contributed by atoms with Crippen LogP contribution in [-0.2, 0) is 12.8 Å². The lowest BCUT2D eigenvalue weighted by Gasteiger charge is -2.15. The van der Waals surface area contributed by atoms with Crippen molar-refractivity contribution in [2.75, 3.05) is 14.2 Å². The number of ether oxygens (including phenoxy) is 3. The number of hydrogen-bond donors (Lipinski definition) is 1. The fraction of sp³-hybridized carbons (Fsp3) is 0.174. The molecule has 0 bridgehead atoms. The SMILES string of the molecule is COc1cc(-c2c[nH]c(-c3ccc(Cl)nc3)n2)c(OC)cc1OCc1ccc(C(F)(F)F)cn1. The molecular weight excluding hydrogens is 473 g/mol. The Morgan fingerprint density at radius 1 is 0.941 bits per heavy atom. The van der Waals surface area contributed by atoms with Gasteiger partial charge in [-0.2, -0.15) is 13.2 Å². The van der Waals surface area contributed by atoms with Crippen molar-refractivity contribution in [2.45, 2.75) is 12.8 Å². The molecule has 0 spiro atoms. The van der Waals surface area contributed by atoms with E-state index in [1.54, 1.807) is 36.7 Å². The number of imidazole rings is 1. The van der Waals surface area contributed by atoms with Gasteiger partial charge in [-0.05, 0) is 30.3 Å². The number of halogens is 4. The average molecular weight is 491 g/mol. The number of H-pyrrole nitrogens is 1. The van der Waals surface area contributed by atoms with Crippen LogP contribution in [0.5, 0.6) is 17.2 Å². The fourth-order valence-corrected chi connectivity index (χ4v) is 3.25. The van der Waals surface area contributed by atoms with Crippen LogP contribution in [0.15, 0.2) is 55.0 Å². The smallest absolute Gasteiger partial charge is 0.417 e. The van der Waals surface area contributed by atoms with Crippen LogP contribution in [-0.4, -0.2) is 34.2 Å². The van der Waals surface area contributed by atoms with E-state index >= 15 is 0 Å². The second-order valence-electron chi connectivity index (χ2n) is 7.03. The van der Waals surface area contributed by atoms with Gasteiger partial charge < -0.3 is 19.2 Å². The minimum absolute atomic E-state index is 0.0624. The van der Waals surface area contributed by atoms with E-state index in [2.05, 4.69) is 19.9 Å². The summed E-state index contributed by atoms with van der Waals surface area (Å²) < 4.78 is 54.9. The molecule has 1 N–H and O–H groups in total. The Bertz CT molecular complexity index is 1280. The molecule has 0 saturated heterocycles. The summed E-state index contributed by atoms with van der Waals surface area (Å²) >= 11 is 5.84. The van der Waals surface area contributed by atoms with Gasteiger partial charge >= 0.3 is 6.18 Å². The fourth-order valence-electron chi connectivity index (χ4n) is 3.14. The van der Waals surface area contributed by atoms with E-state index in [1.165, 1.54) is 20.3 Å². The van der Waals surface area contributed by atoms with E-state index in [1.807, 2.05) is 0 Å². The quantitative estimate of drug-likeness (QED) is 0.330. The Morgan fingerprint density at radius 2 is 1.74 bits per heavy atom. The van der Waals surface area contributed by atoms with Gasteiger partial charge in [-0.1, -0.05) is 11.6 Å². The summed E-state index contributed by atoms with van der Waals surface area (Å²) in [5.74, 6) is 1.78. The molecule has 0 unspecified atom stereocenters. The first kappa shape index (κ1) is 23.4. The maximum absolute atomic E-state index is 12.7. The standard InChI is InChI=1S/C23H18ClF3N4O3/c1-32-18-8-20(34-12-15-5-4-14(10-28-15)23(25,26)27)19(33-2)7-16(18)17-11-30-22(31-17)13-3-6-21(24)29-9-13/h3-11H,12H2,1-2H3,(H,30,31). The zero-order valence-electron chi connectivity index (χ0n) is 18.0.